The number of nitrogens with one attached hydrogen (secondary N) is 1. The average Bonchev–Trinajstić information content (AvgIpc) is 2.69. The molecule has 4 aliphatic rings. The third-order valence-corrected chi connectivity index (χ3v) is 8.55. The summed E-state index contributed by atoms with van der Waals surface area (Å²) in [5, 5.41) is 0. The molecule has 5 nitrogen and oxygen atoms in total. The minimum Gasteiger partial charge on any atom is -0.301 e. The Kier molecular flexibility index (Phi) is 5.90. The summed E-state index contributed by atoms with van der Waals surface area (Å²) >= 11 is 2.07. The molecule has 4 aliphatic heterocycles. The summed E-state index contributed by atoms with van der Waals surface area (Å²) in [6.07, 6.45) is 2.40. The molecule has 1 aromatic rings. The Morgan fingerprint density at radius 1 is 1.12 bits per heavy atom. The molecule has 0 amide bonds. The minimum atomic E-state index is -3.40. The van der Waals surface area contributed by atoms with Crippen LogP contribution in [0.25, 0.3) is 0 Å². The predicted octanol–water partition coefficient (Wildman–Crippen LogP) is 1.72. The van der Waals surface area contributed by atoms with E-state index in [0.29, 0.717) is 17.5 Å². The van der Waals surface area contributed by atoms with Gasteiger partial charge in [0.05, 0.1) is 4.90 Å². The van der Waals surface area contributed by atoms with E-state index in [1.165, 1.54) is 37.6 Å². The van der Waals surface area contributed by atoms with Crippen LogP contribution in [-0.4, -0.2) is 75.0 Å². The molecule has 26 heavy (non-hydrogen) atoms. The summed E-state index contributed by atoms with van der Waals surface area (Å²) in [5.41, 5.74) is 0. The fraction of sp³-hybridized carbons (Fsp3) is 0.684. The number of rotatable bonds is 6. The van der Waals surface area contributed by atoms with E-state index < -0.39 is 10.0 Å². The van der Waals surface area contributed by atoms with Crippen molar-refractivity contribution in [2.45, 2.75) is 23.8 Å². The van der Waals surface area contributed by atoms with Crippen LogP contribution in [-0.2, 0) is 10.0 Å². The standard InChI is InChI=1S/C19H29N3O2S2/c23-26(24,19-4-2-1-3-5-19)20-13-18-12-16-6-7-22(18)15-17(16)14-21-8-10-25-11-9-21/h1-5,16-18,20H,6-15H2. The molecule has 0 aromatic heterocycles. The van der Waals surface area contributed by atoms with Crippen LogP contribution in [0.1, 0.15) is 12.8 Å². The third-order valence-electron chi connectivity index (χ3n) is 6.17. The van der Waals surface area contributed by atoms with Crippen molar-refractivity contribution in [1.29, 1.82) is 0 Å². The molecule has 1 N–H and O–H groups in total. The van der Waals surface area contributed by atoms with Crippen molar-refractivity contribution in [3.8, 4) is 0 Å². The first-order chi connectivity index (χ1) is 12.6. The lowest BCUT2D eigenvalue weighted by molar-refractivity contribution is -0.00914. The largest absolute Gasteiger partial charge is 0.301 e. The van der Waals surface area contributed by atoms with Crippen LogP contribution >= 0.6 is 11.8 Å². The molecule has 0 aliphatic carbocycles. The molecule has 2 bridgehead atoms. The molecular formula is C19H29N3O2S2. The SMILES string of the molecule is O=S(=O)(NCC1CC2CCN1CC2CN1CCSCC1)c1ccccc1. The second-order valence-electron chi connectivity index (χ2n) is 7.77. The quantitative estimate of drug-likeness (QED) is 0.795. The van der Waals surface area contributed by atoms with E-state index in [0.717, 1.165) is 31.3 Å². The van der Waals surface area contributed by atoms with Gasteiger partial charge in [0.25, 0.3) is 0 Å². The number of sulfonamides is 1. The minimum absolute atomic E-state index is 0.348. The number of hydrogen-bond donors (Lipinski definition) is 1. The van der Waals surface area contributed by atoms with Crippen molar-refractivity contribution in [2.75, 3.05) is 50.8 Å². The lowest BCUT2D eigenvalue weighted by Crippen LogP contribution is -2.58. The summed E-state index contributed by atoms with van der Waals surface area (Å²) in [6, 6.07) is 9.03. The summed E-state index contributed by atoms with van der Waals surface area (Å²) in [7, 11) is -3.40. The number of thioether (sulfide) groups is 1. The van der Waals surface area contributed by atoms with Gasteiger partial charge in [-0.2, -0.15) is 11.8 Å². The van der Waals surface area contributed by atoms with Crippen LogP contribution in [0.15, 0.2) is 35.2 Å². The number of piperidine rings is 3. The molecule has 0 spiro atoms. The Labute approximate surface area is 161 Å². The van der Waals surface area contributed by atoms with E-state index in [9.17, 15) is 8.42 Å². The maximum Gasteiger partial charge on any atom is 0.240 e. The van der Waals surface area contributed by atoms with E-state index in [2.05, 4.69) is 26.3 Å². The Hall–Kier alpha value is -0.600. The van der Waals surface area contributed by atoms with E-state index in [1.807, 2.05) is 6.07 Å². The van der Waals surface area contributed by atoms with Crippen molar-refractivity contribution in [1.82, 2.24) is 14.5 Å². The molecule has 4 atom stereocenters. The number of fused-ring (bicyclic) bond motifs is 3. The third kappa shape index (κ3) is 4.28. The molecule has 4 unspecified atom stereocenters. The first-order valence-electron chi connectivity index (χ1n) is 9.71. The highest BCUT2D eigenvalue weighted by Crippen LogP contribution is 2.36. The summed E-state index contributed by atoms with van der Waals surface area (Å²) in [6.45, 7) is 6.47. The average molecular weight is 396 g/mol. The van der Waals surface area contributed by atoms with Crippen LogP contribution in [0.4, 0.5) is 0 Å². The lowest BCUT2D eigenvalue weighted by atomic mass is 9.75. The van der Waals surface area contributed by atoms with E-state index in [-0.39, 0.29) is 0 Å². The molecule has 1 aromatic carbocycles. The topological polar surface area (TPSA) is 52.7 Å². The van der Waals surface area contributed by atoms with Gasteiger partial charge in [0.1, 0.15) is 0 Å². The van der Waals surface area contributed by atoms with Gasteiger partial charge in [-0.05, 0) is 43.4 Å². The van der Waals surface area contributed by atoms with Gasteiger partial charge >= 0.3 is 0 Å². The fourth-order valence-electron chi connectivity index (χ4n) is 4.67. The van der Waals surface area contributed by atoms with Gasteiger partial charge in [-0.25, -0.2) is 13.1 Å². The van der Waals surface area contributed by atoms with Gasteiger partial charge < -0.3 is 4.90 Å². The van der Waals surface area contributed by atoms with E-state index in [1.54, 1.807) is 24.3 Å². The summed E-state index contributed by atoms with van der Waals surface area (Å²) in [4.78, 5) is 5.52. The Balaban J connectivity index is 1.32. The van der Waals surface area contributed by atoms with Gasteiger partial charge in [0.2, 0.25) is 10.0 Å². The highest BCUT2D eigenvalue weighted by atomic mass is 32.2. The summed E-state index contributed by atoms with van der Waals surface area (Å²) < 4.78 is 27.8. The molecule has 5 rings (SSSR count). The van der Waals surface area contributed by atoms with Crippen LogP contribution in [0, 0.1) is 11.8 Å². The first-order valence-corrected chi connectivity index (χ1v) is 12.3. The normalized spacial score (nSPS) is 32.6. The highest BCUT2D eigenvalue weighted by molar-refractivity contribution is 7.99. The predicted molar refractivity (Wildman–Crippen MR) is 107 cm³/mol. The number of hydrogen-bond acceptors (Lipinski definition) is 5. The first kappa shape index (κ1) is 18.7. The van der Waals surface area contributed by atoms with Crippen LogP contribution in [0.3, 0.4) is 0 Å². The molecule has 4 fully saturated rings. The smallest absolute Gasteiger partial charge is 0.240 e. The second-order valence-corrected chi connectivity index (χ2v) is 10.8. The number of nitrogens with zero attached hydrogens (tertiary/aromatic N) is 2. The zero-order chi connectivity index (χ0) is 18.0. The van der Waals surface area contributed by atoms with E-state index in [4.69, 9.17) is 0 Å². The molecule has 0 saturated carbocycles. The van der Waals surface area contributed by atoms with Crippen molar-refractivity contribution >= 4 is 21.8 Å². The molecule has 0 radical (unpaired) electrons. The Bertz CT molecular complexity index is 692. The maximum absolute atomic E-state index is 12.5. The second kappa shape index (κ2) is 8.19. The Morgan fingerprint density at radius 3 is 2.58 bits per heavy atom. The summed E-state index contributed by atoms with van der Waals surface area (Å²) in [5.74, 6) is 4.05. The fourth-order valence-corrected chi connectivity index (χ4v) is 6.75. The zero-order valence-corrected chi connectivity index (χ0v) is 16.9. The van der Waals surface area contributed by atoms with Gasteiger partial charge in [-0.3, -0.25) is 4.90 Å². The zero-order valence-electron chi connectivity index (χ0n) is 15.2. The Morgan fingerprint density at radius 2 is 1.88 bits per heavy atom. The van der Waals surface area contributed by atoms with Crippen molar-refractivity contribution in [3.63, 3.8) is 0 Å². The van der Waals surface area contributed by atoms with Crippen LogP contribution in [0.2, 0.25) is 0 Å². The van der Waals surface area contributed by atoms with Crippen molar-refractivity contribution < 1.29 is 8.42 Å². The van der Waals surface area contributed by atoms with Crippen molar-refractivity contribution in [3.05, 3.63) is 30.3 Å². The molecule has 4 heterocycles. The van der Waals surface area contributed by atoms with Crippen LogP contribution < -0.4 is 4.72 Å². The molecular weight excluding hydrogens is 366 g/mol. The van der Waals surface area contributed by atoms with Crippen molar-refractivity contribution in [2.24, 2.45) is 11.8 Å². The maximum atomic E-state index is 12.5. The van der Waals surface area contributed by atoms with Gasteiger partial charge in [-0.1, -0.05) is 18.2 Å². The highest BCUT2D eigenvalue weighted by Gasteiger charge is 2.40. The van der Waals surface area contributed by atoms with Crippen LogP contribution in [0.5, 0.6) is 0 Å². The molecule has 4 saturated heterocycles. The molecule has 144 valence electrons. The monoisotopic (exact) mass is 395 g/mol. The van der Waals surface area contributed by atoms with Gasteiger partial charge in [0.15, 0.2) is 0 Å². The number of benzene rings is 1. The van der Waals surface area contributed by atoms with E-state index >= 15 is 0 Å². The van der Waals surface area contributed by atoms with Gasteiger partial charge in [0, 0.05) is 50.3 Å². The van der Waals surface area contributed by atoms with Gasteiger partial charge in [-0.15, -0.1) is 0 Å². The molecule has 7 heteroatoms. The lowest BCUT2D eigenvalue weighted by Gasteiger charge is -2.51.